The molecule has 21 heavy (non-hydrogen) atoms. The summed E-state index contributed by atoms with van der Waals surface area (Å²) in [4.78, 5) is 16.5. The Kier molecular flexibility index (Phi) is 3.75. The van der Waals surface area contributed by atoms with E-state index in [1.807, 2.05) is 40.9 Å². The molecule has 3 aromatic rings. The van der Waals surface area contributed by atoms with Gasteiger partial charge >= 0.3 is 5.97 Å². The molecule has 106 valence electrons. The van der Waals surface area contributed by atoms with Gasteiger partial charge in [-0.2, -0.15) is 0 Å². The first-order valence-corrected chi connectivity index (χ1v) is 7.39. The Morgan fingerprint density at radius 2 is 2.19 bits per heavy atom. The van der Waals surface area contributed by atoms with Crippen LogP contribution in [0.15, 0.2) is 53.4 Å². The molecule has 0 aliphatic heterocycles. The highest BCUT2D eigenvalue weighted by atomic mass is 79.9. The van der Waals surface area contributed by atoms with Gasteiger partial charge in [0.05, 0.1) is 16.6 Å². The van der Waals surface area contributed by atoms with Gasteiger partial charge in [-0.05, 0) is 41.1 Å². The number of rotatable bonds is 3. The number of hydrogen-bond acceptors (Lipinski definition) is 3. The summed E-state index contributed by atoms with van der Waals surface area (Å²) in [7, 11) is 0. The first kappa shape index (κ1) is 13.8. The van der Waals surface area contributed by atoms with Crippen molar-refractivity contribution in [2.75, 3.05) is 6.61 Å². The Balaban J connectivity index is 2.34. The standard InChI is InChI=1S/C16H13BrN2O2/c1-2-21-16(20)15-13(11-6-5-8-18-10-11)14(17)12-7-3-4-9-19(12)15/h3-10H,2H2,1H3. The van der Waals surface area contributed by atoms with E-state index in [9.17, 15) is 4.79 Å². The van der Waals surface area contributed by atoms with Gasteiger partial charge in [0.1, 0.15) is 5.69 Å². The van der Waals surface area contributed by atoms with Gasteiger partial charge in [0.2, 0.25) is 0 Å². The van der Waals surface area contributed by atoms with Crippen molar-refractivity contribution in [1.29, 1.82) is 0 Å². The van der Waals surface area contributed by atoms with E-state index in [2.05, 4.69) is 20.9 Å². The van der Waals surface area contributed by atoms with E-state index in [4.69, 9.17) is 4.74 Å². The number of esters is 1. The SMILES string of the molecule is CCOC(=O)c1c(-c2cccnc2)c(Br)c2ccccn12. The van der Waals surface area contributed by atoms with Gasteiger partial charge in [-0.15, -0.1) is 0 Å². The largest absolute Gasteiger partial charge is 0.461 e. The van der Waals surface area contributed by atoms with E-state index < -0.39 is 0 Å². The number of aromatic nitrogens is 2. The quantitative estimate of drug-likeness (QED) is 0.676. The zero-order valence-electron chi connectivity index (χ0n) is 11.4. The summed E-state index contributed by atoms with van der Waals surface area (Å²) in [5.74, 6) is -0.344. The highest BCUT2D eigenvalue weighted by molar-refractivity contribution is 9.10. The second kappa shape index (κ2) is 5.69. The van der Waals surface area contributed by atoms with E-state index in [-0.39, 0.29) is 5.97 Å². The van der Waals surface area contributed by atoms with E-state index in [0.29, 0.717) is 12.3 Å². The lowest BCUT2D eigenvalue weighted by Crippen LogP contribution is -2.09. The molecule has 0 saturated carbocycles. The molecule has 0 fully saturated rings. The molecule has 0 N–H and O–H groups in total. The van der Waals surface area contributed by atoms with E-state index in [1.165, 1.54) is 0 Å². The molecule has 5 heteroatoms. The van der Waals surface area contributed by atoms with Crippen LogP contribution in [0.25, 0.3) is 16.6 Å². The first-order valence-electron chi connectivity index (χ1n) is 6.60. The van der Waals surface area contributed by atoms with Gasteiger partial charge in [-0.25, -0.2) is 4.79 Å². The third kappa shape index (κ3) is 2.34. The van der Waals surface area contributed by atoms with Crippen LogP contribution in [0.3, 0.4) is 0 Å². The molecule has 3 aromatic heterocycles. The molecule has 0 saturated heterocycles. The van der Waals surface area contributed by atoms with Crippen molar-refractivity contribution in [3.63, 3.8) is 0 Å². The minimum atomic E-state index is -0.344. The Labute approximate surface area is 130 Å². The van der Waals surface area contributed by atoms with Gasteiger partial charge in [0, 0.05) is 29.7 Å². The zero-order valence-corrected chi connectivity index (χ0v) is 13.0. The second-order valence-corrected chi connectivity index (χ2v) is 5.25. The van der Waals surface area contributed by atoms with Crippen LogP contribution in [0.5, 0.6) is 0 Å². The molecule has 3 rings (SSSR count). The minimum absolute atomic E-state index is 0.336. The normalized spacial score (nSPS) is 10.8. The van der Waals surface area contributed by atoms with Crippen LogP contribution in [0, 0.1) is 0 Å². The fraction of sp³-hybridized carbons (Fsp3) is 0.125. The predicted molar refractivity (Wildman–Crippen MR) is 84.3 cm³/mol. The maximum atomic E-state index is 12.4. The molecule has 4 nitrogen and oxygen atoms in total. The number of nitrogens with zero attached hydrogens (tertiary/aromatic N) is 2. The third-order valence-electron chi connectivity index (χ3n) is 3.20. The van der Waals surface area contributed by atoms with Gasteiger partial charge in [-0.1, -0.05) is 12.1 Å². The lowest BCUT2D eigenvalue weighted by molar-refractivity contribution is 0.0519. The van der Waals surface area contributed by atoms with Gasteiger partial charge in [0.15, 0.2) is 0 Å². The van der Waals surface area contributed by atoms with Crippen molar-refractivity contribution < 1.29 is 9.53 Å². The van der Waals surface area contributed by atoms with Gasteiger partial charge in [0.25, 0.3) is 0 Å². The molecular weight excluding hydrogens is 332 g/mol. The Morgan fingerprint density at radius 3 is 2.90 bits per heavy atom. The zero-order chi connectivity index (χ0) is 14.8. The topological polar surface area (TPSA) is 43.6 Å². The van der Waals surface area contributed by atoms with Crippen LogP contribution in [0.2, 0.25) is 0 Å². The molecule has 0 aromatic carbocycles. The van der Waals surface area contributed by atoms with Crippen molar-refractivity contribution in [3.8, 4) is 11.1 Å². The molecular formula is C16H13BrN2O2. The molecule has 0 aliphatic rings. The Bertz CT molecular complexity index is 797. The third-order valence-corrected chi connectivity index (χ3v) is 4.00. The van der Waals surface area contributed by atoms with E-state index in [0.717, 1.165) is 21.1 Å². The van der Waals surface area contributed by atoms with Gasteiger partial charge < -0.3 is 9.14 Å². The molecule has 0 bridgehead atoms. The average molecular weight is 345 g/mol. The summed E-state index contributed by atoms with van der Waals surface area (Å²) in [5, 5.41) is 0. The maximum absolute atomic E-state index is 12.4. The average Bonchev–Trinajstić information content (AvgIpc) is 2.82. The molecule has 0 amide bonds. The predicted octanol–water partition coefficient (Wildman–Crippen LogP) is 3.94. The van der Waals surface area contributed by atoms with Crippen molar-refractivity contribution in [2.45, 2.75) is 6.92 Å². The fourth-order valence-corrected chi connectivity index (χ4v) is 3.08. The first-order chi connectivity index (χ1) is 10.2. The maximum Gasteiger partial charge on any atom is 0.355 e. The summed E-state index contributed by atoms with van der Waals surface area (Å²) in [5.41, 5.74) is 3.09. The molecule has 0 radical (unpaired) electrons. The lowest BCUT2D eigenvalue weighted by Gasteiger charge is -2.06. The van der Waals surface area contributed by atoms with Crippen molar-refractivity contribution in [2.24, 2.45) is 0 Å². The van der Waals surface area contributed by atoms with Crippen molar-refractivity contribution in [3.05, 3.63) is 59.1 Å². The summed E-state index contributed by atoms with van der Waals surface area (Å²) in [6, 6.07) is 9.54. The van der Waals surface area contributed by atoms with Crippen LogP contribution in [-0.2, 0) is 4.74 Å². The van der Waals surface area contributed by atoms with Crippen LogP contribution < -0.4 is 0 Å². The second-order valence-electron chi connectivity index (χ2n) is 4.46. The summed E-state index contributed by atoms with van der Waals surface area (Å²) in [6.07, 6.45) is 5.30. The molecule has 0 aliphatic carbocycles. The number of fused-ring (bicyclic) bond motifs is 1. The van der Waals surface area contributed by atoms with E-state index in [1.54, 1.807) is 19.3 Å². The Hall–Kier alpha value is -2.14. The van der Waals surface area contributed by atoms with Crippen LogP contribution in [0.1, 0.15) is 17.4 Å². The fourth-order valence-electron chi connectivity index (χ4n) is 2.34. The number of ether oxygens (including phenoxy) is 1. The minimum Gasteiger partial charge on any atom is -0.461 e. The van der Waals surface area contributed by atoms with Crippen LogP contribution in [0.4, 0.5) is 0 Å². The number of hydrogen-bond donors (Lipinski definition) is 0. The monoisotopic (exact) mass is 344 g/mol. The summed E-state index contributed by atoms with van der Waals surface area (Å²) >= 11 is 3.60. The number of halogens is 1. The van der Waals surface area contributed by atoms with E-state index >= 15 is 0 Å². The molecule has 0 unspecified atom stereocenters. The summed E-state index contributed by atoms with van der Waals surface area (Å²) < 4.78 is 7.91. The smallest absolute Gasteiger partial charge is 0.355 e. The van der Waals surface area contributed by atoms with Crippen molar-refractivity contribution in [1.82, 2.24) is 9.38 Å². The Morgan fingerprint density at radius 1 is 1.33 bits per heavy atom. The molecule has 0 spiro atoms. The van der Waals surface area contributed by atoms with Crippen LogP contribution in [-0.4, -0.2) is 22.0 Å². The number of carbonyl (C=O) groups excluding carboxylic acids is 1. The van der Waals surface area contributed by atoms with Crippen molar-refractivity contribution >= 4 is 27.4 Å². The summed E-state index contributed by atoms with van der Waals surface area (Å²) in [6.45, 7) is 2.13. The van der Waals surface area contributed by atoms with Crippen LogP contribution >= 0.6 is 15.9 Å². The molecule has 0 atom stereocenters. The lowest BCUT2D eigenvalue weighted by atomic mass is 10.1. The number of carbonyl (C=O) groups is 1. The highest BCUT2D eigenvalue weighted by Crippen LogP contribution is 2.37. The van der Waals surface area contributed by atoms with Gasteiger partial charge in [-0.3, -0.25) is 4.98 Å². The molecule has 3 heterocycles. The number of pyridine rings is 2. The highest BCUT2D eigenvalue weighted by Gasteiger charge is 2.24.